The molecule has 2 heterocycles. The molecule has 1 unspecified atom stereocenters. The van der Waals surface area contributed by atoms with Crippen molar-refractivity contribution in [2.24, 2.45) is 11.1 Å². The first-order chi connectivity index (χ1) is 9.80. The van der Waals surface area contributed by atoms with Crippen molar-refractivity contribution >= 4 is 15.9 Å². The Bertz CT molecular complexity index is 619. The maximum Gasteiger partial charge on any atom is 0.273 e. The van der Waals surface area contributed by atoms with Crippen LogP contribution in [0.25, 0.3) is 0 Å². The molecular formula is C12H20N4O4S. The SMILES string of the molecule is Cc1[nH]nc(C(=O)NC(C)C2CCOCC2)c1S(N)(=O)=O. The van der Waals surface area contributed by atoms with Gasteiger partial charge < -0.3 is 10.1 Å². The topological polar surface area (TPSA) is 127 Å². The van der Waals surface area contributed by atoms with Crippen LogP contribution in [0.2, 0.25) is 0 Å². The lowest BCUT2D eigenvalue weighted by Crippen LogP contribution is -2.41. The maximum atomic E-state index is 12.2. The Hall–Kier alpha value is -1.45. The highest BCUT2D eigenvalue weighted by Crippen LogP contribution is 2.20. The molecule has 0 saturated carbocycles. The van der Waals surface area contributed by atoms with E-state index in [1.54, 1.807) is 0 Å². The zero-order valence-electron chi connectivity index (χ0n) is 12.0. The van der Waals surface area contributed by atoms with Gasteiger partial charge in [0.2, 0.25) is 10.0 Å². The Balaban J connectivity index is 2.14. The van der Waals surface area contributed by atoms with Crippen molar-refractivity contribution in [3.8, 4) is 0 Å². The van der Waals surface area contributed by atoms with Crippen molar-refractivity contribution < 1.29 is 17.9 Å². The average molecular weight is 316 g/mol. The molecule has 0 aromatic carbocycles. The summed E-state index contributed by atoms with van der Waals surface area (Å²) in [6, 6.07) is -0.0910. The number of nitrogens with two attached hydrogens (primary N) is 1. The van der Waals surface area contributed by atoms with E-state index in [-0.39, 0.29) is 22.3 Å². The van der Waals surface area contributed by atoms with E-state index in [2.05, 4.69) is 15.5 Å². The summed E-state index contributed by atoms with van der Waals surface area (Å²) in [5.74, 6) is -0.233. The summed E-state index contributed by atoms with van der Waals surface area (Å²) in [6.07, 6.45) is 1.73. The Morgan fingerprint density at radius 1 is 1.48 bits per heavy atom. The molecule has 21 heavy (non-hydrogen) atoms. The van der Waals surface area contributed by atoms with Crippen LogP contribution in [0.4, 0.5) is 0 Å². The van der Waals surface area contributed by atoms with Crippen LogP contribution in [0.1, 0.15) is 35.9 Å². The molecule has 1 saturated heterocycles. The quantitative estimate of drug-likeness (QED) is 0.715. The van der Waals surface area contributed by atoms with Crippen LogP contribution < -0.4 is 10.5 Å². The first kappa shape index (κ1) is 15.9. The van der Waals surface area contributed by atoms with E-state index in [0.717, 1.165) is 12.8 Å². The molecular weight excluding hydrogens is 296 g/mol. The molecule has 0 bridgehead atoms. The van der Waals surface area contributed by atoms with Gasteiger partial charge in [0.15, 0.2) is 5.69 Å². The lowest BCUT2D eigenvalue weighted by atomic mass is 9.93. The van der Waals surface area contributed by atoms with E-state index in [4.69, 9.17) is 9.88 Å². The molecule has 1 aliphatic rings. The van der Waals surface area contributed by atoms with Gasteiger partial charge in [-0.05, 0) is 32.6 Å². The standard InChI is InChI=1S/C12H20N4O4S/c1-7(9-3-5-20-6-4-9)14-12(17)10-11(21(13,18)19)8(2)15-16-10/h7,9H,3-6H2,1-2H3,(H,14,17)(H,15,16)(H2,13,18,19). The molecule has 2 rings (SSSR count). The molecule has 1 amide bonds. The molecule has 0 radical (unpaired) electrons. The number of sulfonamides is 1. The number of primary sulfonamides is 1. The highest BCUT2D eigenvalue weighted by molar-refractivity contribution is 7.89. The normalized spacial score (nSPS) is 18.4. The van der Waals surface area contributed by atoms with Gasteiger partial charge in [-0.25, -0.2) is 13.6 Å². The Kier molecular flexibility index (Phi) is 4.64. The molecule has 4 N–H and O–H groups in total. The van der Waals surface area contributed by atoms with E-state index in [0.29, 0.717) is 19.1 Å². The number of nitrogens with one attached hydrogen (secondary N) is 2. The van der Waals surface area contributed by atoms with Gasteiger partial charge in [-0.2, -0.15) is 5.10 Å². The van der Waals surface area contributed by atoms with Gasteiger partial charge in [0.05, 0.1) is 5.69 Å². The van der Waals surface area contributed by atoms with Crippen LogP contribution in [0.5, 0.6) is 0 Å². The molecule has 8 nitrogen and oxygen atoms in total. The van der Waals surface area contributed by atoms with E-state index in [1.165, 1.54) is 6.92 Å². The molecule has 1 atom stereocenters. The van der Waals surface area contributed by atoms with Gasteiger partial charge in [0, 0.05) is 19.3 Å². The lowest BCUT2D eigenvalue weighted by molar-refractivity contribution is 0.0537. The van der Waals surface area contributed by atoms with Gasteiger partial charge in [-0.1, -0.05) is 0 Å². The minimum atomic E-state index is -4.00. The van der Waals surface area contributed by atoms with Gasteiger partial charge in [0.1, 0.15) is 4.90 Å². The number of amides is 1. The van der Waals surface area contributed by atoms with E-state index < -0.39 is 15.9 Å². The number of rotatable bonds is 4. The summed E-state index contributed by atoms with van der Waals surface area (Å²) in [5.41, 5.74) is 0.0651. The van der Waals surface area contributed by atoms with E-state index in [1.807, 2.05) is 6.92 Å². The number of ether oxygens (including phenoxy) is 1. The summed E-state index contributed by atoms with van der Waals surface area (Å²) in [5, 5.41) is 14.2. The minimum Gasteiger partial charge on any atom is -0.381 e. The summed E-state index contributed by atoms with van der Waals surface area (Å²) in [6.45, 7) is 4.75. The summed E-state index contributed by atoms with van der Waals surface area (Å²) in [4.78, 5) is 12.0. The first-order valence-electron chi connectivity index (χ1n) is 6.77. The number of carbonyl (C=O) groups excluding carboxylic acids is 1. The predicted octanol–water partition coefficient (Wildman–Crippen LogP) is -0.0896. The molecule has 1 fully saturated rings. The second-order valence-corrected chi connectivity index (χ2v) is 6.78. The number of aromatic nitrogens is 2. The number of carbonyl (C=O) groups is 1. The van der Waals surface area contributed by atoms with E-state index >= 15 is 0 Å². The minimum absolute atomic E-state index is 0.0910. The Morgan fingerprint density at radius 2 is 2.10 bits per heavy atom. The molecule has 1 aromatic rings. The largest absolute Gasteiger partial charge is 0.381 e. The number of nitrogens with zero attached hydrogens (tertiary/aromatic N) is 1. The molecule has 1 aliphatic heterocycles. The fraction of sp³-hybridized carbons (Fsp3) is 0.667. The Labute approximate surface area is 123 Å². The van der Waals surface area contributed by atoms with E-state index in [9.17, 15) is 13.2 Å². The zero-order valence-corrected chi connectivity index (χ0v) is 12.9. The fourth-order valence-corrected chi connectivity index (χ4v) is 3.41. The van der Waals surface area contributed by atoms with Crippen LogP contribution in [0, 0.1) is 12.8 Å². The zero-order chi connectivity index (χ0) is 15.6. The Morgan fingerprint density at radius 3 is 2.67 bits per heavy atom. The van der Waals surface area contributed by atoms with Crippen molar-refractivity contribution in [1.29, 1.82) is 0 Å². The average Bonchev–Trinajstić information content (AvgIpc) is 2.81. The highest BCUT2D eigenvalue weighted by Gasteiger charge is 2.28. The van der Waals surface area contributed by atoms with Crippen LogP contribution in [0.3, 0.4) is 0 Å². The molecule has 0 aliphatic carbocycles. The second kappa shape index (κ2) is 6.12. The van der Waals surface area contributed by atoms with Crippen LogP contribution in [-0.4, -0.2) is 43.8 Å². The number of aryl methyl sites for hydroxylation is 1. The molecule has 9 heteroatoms. The van der Waals surface area contributed by atoms with Crippen molar-refractivity contribution in [3.05, 3.63) is 11.4 Å². The van der Waals surface area contributed by atoms with Gasteiger partial charge >= 0.3 is 0 Å². The smallest absolute Gasteiger partial charge is 0.273 e. The van der Waals surface area contributed by atoms with Crippen molar-refractivity contribution in [3.63, 3.8) is 0 Å². The summed E-state index contributed by atoms with van der Waals surface area (Å²) < 4.78 is 28.4. The number of hydrogen-bond acceptors (Lipinski definition) is 5. The highest BCUT2D eigenvalue weighted by atomic mass is 32.2. The molecule has 118 valence electrons. The fourth-order valence-electron chi connectivity index (χ4n) is 2.53. The van der Waals surface area contributed by atoms with Crippen LogP contribution >= 0.6 is 0 Å². The summed E-state index contributed by atoms with van der Waals surface area (Å²) in [7, 11) is -4.00. The van der Waals surface area contributed by atoms with Gasteiger partial charge in [-0.15, -0.1) is 0 Å². The number of H-pyrrole nitrogens is 1. The molecule has 1 aromatic heterocycles. The number of hydrogen-bond donors (Lipinski definition) is 3. The van der Waals surface area contributed by atoms with Gasteiger partial charge in [-0.3, -0.25) is 9.89 Å². The molecule has 0 spiro atoms. The van der Waals surface area contributed by atoms with Crippen LogP contribution in [-0.2, 0) is 14.8 Å². The monoisotopic (exact) mass is 316 g/mol. The first-order valence-corrected chi connectivity index (χ1v) is 8.31. The number of aromatic amines is 1. The third-order valence-electron chi connectivity index (χ3n) is 3.72. The third-order valence-corrected chi connectivity index (χ3v) is 4.79. The van der Waals surface area contributed by atoms with Crippen molar-refractivity contribution in [1.82, 2.24) is 15.5 Å². The van der Waals surface area contributed by atoms with Crippen molar-refractivity contribution in [2.45, 2.75) is 37.6 Å². The lowest BCUT2D eigenvalue weighted by Gasteiger charge is -2.28. The van der Waals surface area contributed by atoms with Gasteiger partial charge in [0.25, 0.3) is 5.91 Å². The summed E-state index contributed by atoms with van der Waals surface area (Å²) >= 11 is 0. The second-order valence-electron chi connectivity index (χ2n) is 5.28. The van der Waals surface area contributed by atoms with Crippen molar-refractivity contribution in [2.75, 3.05) is 13.2 Å². The predicted molar refractivity (Wildman–Crippen MR) is 75.2 cm³/mol. The third kappa shape index (κ3) is 3.60. The van der Waals surface area contributed by atoms with Crippen LogP contribution in [0.15, 0.2) is 4.90 Å². The maximum absolute atomic E-state index is 12.2.